The van der Waals surface area contributed by atoms with Gasteiger partial charge in [0.2, 0.25) is 17.1 Å². The summed E-state index contributed by atoms with van der Waals surface area (Å²) in [4.78, 5) is 12.8. The van der Waals surface area contributed by atoms with Crippen molar-refractivity contribution in [2.75, 3.05) is 0 Å². The Bertz CT molecular complexity index is 1480. The van der Waals surface area contributed by atoms with E-state index in [9.17, 15) is 15.2 Å². The van der Waals surface area contributed by atoms with Gasteiger partial charge in [0.15, 0.2) is 5.76 Å². The van der Waals surface area contributed by atoms with Crippen LogP contribution in [0.4, 0.5) is 0 Å². The minimum absolute atomic E-state index is 0.00552. The second kappa shape index (κ2) is 8.01. The summed E-state index contributed by atoms with van der Waals surface area (Å²) < 4.78 is 13.0. The number of ether oxygens (including phenoxy) is 1. The Morgan fingerprint density at radius 1 is 1.15 bits per heavy atom. The predicted octanol–water partition coefficient (Wildman–Crippen LogP) is 2.87. The molecule has 1 atom stereocenters. The van der Waals surface area contributed by atoms with E-state index in [2.05, 4.69) is 10.3 Å². The molecule has 0 saturated heterocycles. The average molecular weight is 439 g/mol. The third-order valence-electron chi connectivity index (χ3n) is 5.26. The van der Waals surface area contributed by atoms with Crippen molar-refractivity contribution in [2.45, 2.75) is 12.5 Å². The van der Waals surface area contributed by atoms with Crippen molar-refractivity contribution < 1.29 is 14.3 Å². The molecule has 0 amide bonds. The van der Waals surface area contributed by atoms with Gasteiger partial charge in [-0.15, -0.1) is 5.10 Å². The topological polar surface area (TPSA) is 140 Å². The first-order valence-electron chi connectivity index (χ1n) is 10.0. The highest BCUT2D eigenvalue weighted by atomic mass is 16.5. The predicted molar refractivity (Wildman–Crippen MR) is 117 cm³/mol. The van der Waals surface area contributed by atoms with E-state index in [1.165, 1.54) is 18.2 Å². The maximum Gasteiger partial charge on any atom is 0.228 e. The van der Waals surface area contributed by atoms with Gasteiger partial charge in [-0.25, -0.2) is 4.68 Å². The van der Waals surface area contributed by atoms with Gasteiger partial charge >= 0.3 is 0 Å². The molecule has 1 aliphatic rings. The monoisotopic (exact) mass is 439 g/mol. The molecule has 4 aromatic rings. The van der Waals surface area contributed by atoms with Crippen molar-refractivity contribution in [1.82, 2.24) is 15.0 Å². The van der Waals surface area contributed by atoms with E-state index in [4.69, 9.17) is 14.9 Å². The number of nitrogens with two attached hydrogens (primary N) is 1. The minimum atomic E-state index is -0.811. The molecule has 5 rings (SSSR count). The Morgan fingerprint density at radius 2 is 1.97 bits per heavy atom. The number of benzene rings is 2. The minimum Gasteiger partial charge on any atom is -0.508 e. The first-order chi connectivity index (χ1) is 16.0. The number of hydrogen-bond donors (Lipinski definition) is 2. The number of allylic oxidation sites excluding steroid dienone is 1. The van der Waals surface area contributed by atoms with Crippen molar-refractivity contribution in [3.63, 3.8) is 0 Å². The highest BCUT2D eigenvalue weighted by molar-refractivity contribution is 5.57. The van der Waals surface area contributed by atoms with Crippen LogP contribution < -0.4 is 15.9 Å². The molecule has 3 N–H and O–H groups in total. The molecule has 9 heteroatoms. The molecule has 3 heterocycles. The number of rotatable bonds is 4. The normalized spacial score (nSPS) is 14.9. The number of phenols is 1. The fourth-order valence-electron chi connectivity index (χ4n) is 3.78. The van der Waals surface area contributed by atoms with Crippen LogP contribution in [0.5, 0.6) is 11.5 Å². The largest absolute Gasteiger partial charge is 0.508 e. The first-order valence-corrected chi connectivity index (χ1v) is 10.0. The van der Waals surface area contributed by atoms with Crippen molar-refractivity contribution in [3.8, 4) is 28.8 Å². The van der Waals surface area contributed by atoms with Crippen molar-refractivity contribution in [2.24, 2.45) is 5.73 Å². The van der Waals surface area contributed by atoms with Gasteiger partial charge in [-0.3, -0.25) is 4.79 Å². The van der Waals surface area contributed by atoms with Gasteiger partial charge in [-0.1, -0.05) is 47.7 Å². The van der Waals surface area contributed by atoms with Gasteiger partial charge in [0.25, 0.3) is 0 Å². The van der Waals surface area contributed by atoms with Crippen LogP contribution in [0.25, 0.3) is 11.3 Å². The molecular formula is C24H17N5O4. The highest BCUT2D eigenvalue weighted by Crippen LogP contribution is 2.41. The van der Waals surface area contributed by atoms with E-state index in [1.54, 1.807) is 23.0 Å². The van der Waals surface area contributed by atoms with E-state index >= 15 is 0 Å². The summed E-state index contributed by atoms with van der Waals surface area (Å²) in [6.45, 7) is 0.135. The van der Waals surface area contributed by atoms with Crippen LogP contribution in [-0.2, 0) is 6.54 Å². The lowest BCUT2D eigenvalue weighted by Crippen LogP contribution is -2.25. The van der Waals surface area contributed by atoms with Crippen molar-refractivity contribution in [3.05, 3.63) is 106 Å². The fraction of sp³-hybridized carbons (Fsp3) is 0.0833. The number of nitrogens with zero attached hydrogens (tertiary/aromatic N) is 4. The zero-order chi connectivity index (χ0) is 22.9. The SMILES string of the molecule is N#CC1=C(N)Oc2c(oc(Cn3cc(-c4ccccc4)nn3)cc2=O)C1c1cccc(O)c1. The Kier molecular flexibility index (Phi) is 4.88. The van der Waals surface area contributed by atoms with Gasteiger partial charge in [0.1, 0.15) is 35.4 Å². The molecule has 33 heavy (non-hydrogen) atoms. The summed E-state index contributed by atoms with van der Waals surface area (Å²) in [5.74, 6) is -0.638. The molecule has 162 valence electrons. The molecule has 2 aromatic carbocycles. The zero-order valence-corrected chi connectivity index (χ0v) is 17.2. The van der Waals surface area contributed by atoms with E-state index in [0.29, 0.717) is 17.0 Å². The molecule has 2 aromatic heterocycles. The van der Waals surface area contributed by atoms with Crippen LogP contribution in [0, 0.1) is 11.3 Å². The van der Waals surface area contributed by atoms with Crippen LogP contribution in [0.15, 0.2) is 87.5 Å². The zero-order valence-electron chi connectivity index (χ0n) is 17.2. The molecule has 9 nitrogen and oxygen atoms in total. The molecule has 0 fully saturated rings. The van der Waals surface area contributed by atoms with E-state index in [1.807, 2.05) is 36.4 Å². The third kappa shape index (κ3) is 3.70. The number of fused-ring (bicyclic) bond motifs is 1. The number of nitriles is 1. The lowest BCUT2D eigenvalue weighted by Gasteiger charge is -2.25. The standard InChI is InChI=1S/C24H17N5O4/c25-11-18-21(15-7-4-8-16(30)9-15)23-22(33-24(18)26)20(31)10-17(32-23)12-29-13-19(27-28-29)14-5-2-1-3-6-14/h1-10,13,21,30H,12,26H2. The Hall–Kier alpha value is -4.84. The quantitative estimate of drug-likeness (QED) is 0.495. The maximum atomic E-state index is 12.8. The van der Waals surface area contributed by atoms with E-state index < -0.39 is 11.3 Å². The van der Waals surface area contributed by atoms with Crippen LogP contribution in [-0.4, -0.2) is 20.1 Å². The fourth-order valence-corrected chi connectivity index (χ4v) is 3.78. The number of aromatic nitrogens is 3. The molecule has 1 aliphatic heterocycles. The van der Waals surface area contributed by atoms with Gasteiger partial charge in [0.05, 0.1) is 12.1 Å². The summed E-state index contributed by atoms with van der Waals surface area (Å²) in [6.07, 6.45) is 1.75. The summed E-state index contributed by atoms with van der Waals surface area (Å²) in [5.41, 5.74) is 7.69. The number of aromatic hydroxyl groups is 1. The molecule has 0 saturated carbocycles. The van der Waals surface area contributed by atoms with E-state index in [0.717, 1.165) is 5.56 Å². The smallest absolute Gasteiger partial charge is 0.228 e. The summed E-state index contributed by atoms with van der Waals surface area (Å²) in [5, 5.41) is 27.9. The second-order valence-corrected chi connectivity index (χ2v) is 7.46. The molecule has 0 spiro atoms. The van der Waals surface area contributed by atoms with Crippen LogP contribution in [0.3, 0.4) is 0 Å². The molecule has 0 aliphatic carbocycles. The Morgan fingerprint density at radius 3 is 2.73 bits per heavy atom. The van der Waals surface area contributed by atoms with E-state index in [-0.39, 0.29) is 35.3 Å². The van der Waals surface area contributed by atoms with Crippen LogP contribution in [0.1, 0.15) is 23.0 Å². The summed E-state index contributed by atoms with van der Waals surface area (Å²) in [7, 11) is 0. The van der Waals surface area contributed by atoms with Crippen LogP contribution >= 0.6 is 0 Å². The molecule has 0 bridgehead atoms. The average Bonchev–Trinajstić information content (AvgIpc) is 3.28. The maximum absolute atomic E-state index is 12.8. The highest BCUT2D eigenvalue weighted by Gasteiger charge is 2.35. The molecule has 0 radical (unpaired) electrons. The van der Waals surface area contributed by atoms with Gasteiger partial charge in [-0.05, 0) is 17.7 Å². The molecule has 1 unspecified atom stereocenters. The summed E-state index contributed by atoms with van der Waals surface area (Å²) in [6, 6.07) is 19.2. The van der Waals surface area contributed by atoms with Gasteiger partial charge < -0.3 is 20.0 Å². The summed E-state index contributed by atoms with van der Waals surface area (Å²) >= 11 is 0. The van der Waals surface area contributed by atoms with Gasteiger partial charge in [0, 0.05) is 11.6 Å². The van der Waals surface area contributed by atoms with Crippen molar-refractivity contribution >= 4 is 0 Å². The van der Waals surface area contributed by atoms with Crippen molar-refractivity contribution in [1.29, 1.82) is 5.26 Å². The molecular weight excluding hydrogens is 422 g/mol. The lowest BCUT2D eigenvalue weighted by atomic mass is 9.87. The Labute approximate surface area is 187 Å². The Balaban J connectivity index is 1.56. The number of hydrogen-bond acceptors (Lipinski definition) is 8. The van der Waals surface area contributed by atoms with Crippen LogP contribution in [0.2, 0.25) is 0 Å². The third-order valence-corrected chi connectivity index (χ3v) is 5.26. The first kappa shape index (κ1) is 20.1. The number of phenolic OH excluding ortho intramolecular Hbond substituents is 1. The van der Waals surface area contributed by atoms with Gasteiger partial charge in [-0.2, -0.15) is 5.26 Å². The second-order valence-electron chi connectivity index (χ2n) is 7.46. The lowest BCUT2D eigenvalue weighted by molar-refractivity contribution is 0.329.